The standard InChI is InChI=1S/C60H60BN3S/c1-37-21-31-48-45(33-37)60(11,12)46-36-53-44(35-52(46)62(48)41-17-14-13-15-18-41)55-56(65-53)61-47-34-40(59(8,9)10)26-32-49(47)63(42-27-22-38(23-28-42)57(2,3)4)50-19-16-20-51(54(50)61)64(55)43-29-24-39(25-30-43)58(5,6)7/h13-36H,1-12H3. The van der Waals surface area contributed by atoms with Crippen LogP contribution in [0.5, 0.6) is 0 Å². The van der Waals surface area contributed by atoms with E-state index in [1.54, 1.807) is 0 Å². The van der Waals surface area contributed by atoms with Crippen LogP contribution in [0.1, 0.15) is 110 Å². The van der Waals surface area contributed by atoms with Gasteiger partial charge in [0.15, 0.2) is 0 Å². The number of aryl methyl sites for hydroxylation is 1. The number of hydrogen-bond donors (Lipinski definition) is 0. The van der Waals surface area contributed by atoms with E-state index < -0.39 is 0 Å². The molecule has 8 aromatic rings. The molecule has 0 radical (unpaired) electrons. The van der Waals surface area contributed by atoms with Gasteiger partial charge >= 0.3 is 0 Å². The molecule has 0 fully saturated rings. The van der Waals surface area contributed by atoms with Crippen LogP contribution in [0.15, 0.2) is 146 Å². The Labute approximate surface area is 391 Å². The zero-order chi connectivity index (χ0) is 45.5. The summed E-state index contributed by atoms with van der Waals surface area (Å²) >= 11 is 2.00. The lowest BCUT2D eigenvalue weighted by Gasteiger charge is -2.44. The molecule has 65 heavy (non-hydrogen) atoms. The molecule has 0 spiro atoms. The van der Waals surface area contributed by atoms with Crippen LogP contribution in [0.2, 0.25) is 0 Å². The highest BCUT2D eigenvalue weighted by Gasteiger charge is 2.46. The zero-order valence-corrected chi connectivity index (χ0v) is 41.0. The average molecular weight is 866 g/mol. The third-order valence-corrected chi connectivity index (χ3v) is 15.8. The molecule has 0 N–H and O–H groups in total. The van der Waals surface area contributed by atoms with E-state index in [4.69, 9.17) is 0 Å². The minimum Gasteiger partial charge on any atom is -0.311 e. The minimum atomic E-state index is -0.221. The Morgan fingerprint density at radius 1 is 0.462 bits per heavy atom. The van der Waals surface area contributed by atoms with Gasteiger partial charge in [-0.1, -0.05) is 155 Å². The Morgan fingerprint density at radius 3 is 1.60 bits per heavy atom. The summed E-state index contributed by atoms with van der Waals surface area (Å²) in [6.07, 6.45) is 0. The molecule has 3 nitrogen and oxygen atoms in total. The van der Waals surface area contributed by atoms with Crippen LogP contribution in [0, 0.1) is 6.92 Å². The Hall–Kier alpha value is -6.04. The molecule has 0 atom stereocenters. The molecule has 4 heterocycles. The molecule has 11 rings (SSSR count). The van der Waals surface area contributed by atoms with Crippen molar-refractivity contribution < 1.29 is 0 Å². The van der Waals surface area contributed by atoms with Crippen molar-refractivity contribution in [2.45, 2.75) is 105 Å². The molecule has 0 saturated carbocycles. The maximum Gasteiger partial charge on any atom is 0.264 e. The Bertz CT molecular complexity index is 3190. The highest BCUT2D eigenvalue weighted by molar-refractivity contribution is 7.33. The third kappa shape index (κ3) is 6.44. The molecule has 3 aliphatic heterocycles. The number of para-hydroxylation sites is 1. The number of hydrogen-bond acceptors (Lipinski definition) is 4. The van der Waals surface area contributed by atoms with Crippen LogP contribution in [0.25, 0.3) is 10.1 Å². The van der Waals surface area contributed by atoms with Crippen LogP contribution < -0.4 is 30.4 Å². The predicted octanol–water partition coefficient (Wildman–Crippen LogP) is 15.3. The number of rotatable bonds is 3. The molecule has 0 bridgehead atoms. The van der Waals surface area contributed by atoms with E-state index in [2.05, 4.69) is 243 Å². The van der Waals surface area contributed by atoms with E-state index in [0.717, 1.165) is 0 Å². The van der Waals surface area contributed by atoms with Crippen molar-refractivity contribution in [2.75, 3.05) is 14.7 Å². The molecule has 5 heteroatoms. The summed E-state index contributed by atoms with van der Waals surface area (Å²) < 4.78 is 2.72. The van der Waals surface area contributed by atoms with Crippen LogP contribution in [-0.2, 0) is 21.7 Å². The van der Waals surface area contributed by atoms with Gasteiger partial charge in [-0.3, -0.25) is 0 Å². The van der Waals surface area contributed by atoms with Gasteiger partial charge in [0.1, 0.15) is 0 Å². The van der Waals surface area contributed by atoms with Gasteiger partial charge in [0.2, 0.25) is 0 Å². The Balaban J connectivity index is 1.23. The summed E-state index contributed by atoms with van der Waals surface area (Å²) in [6, 6.07) is 56.2. The van der Waals surface area contributed by atoms with Gasteiger partial charge in [-0.15, -0.1) is 11.3 Å². The van der Waals surface area contributed by atoms with Crippen LogP contribution in [-0.4, -0.2) is 6.71 Å². The first-order chi connectivity index (χ1) is 30.8. The summed E-state index contributed by atoms with van der Waals surface area (Å²) in [5, 5.41) is 1.29. The third-order valence-electron chi connectivity index (χ3n) is 14.5. The first kappa shape index (κ1) is 41.7. The van der Waals surface area contributed by atoms with Crippen molar-refractivity contribution in [1.29, 1.82) is 0 Å². The van der Waals surface area contributed by atoms with E-state index in [-0.39, 0.29) is 28.4 Å². The average Bonchev–Trinajstić information content (AvgIpc) is 3.63. The van der Waals surface area contributed by atoms with Gasteiger partial charge in [-0.2, -0.15) is 0 Å². The maximum atomic E-state index is 2.61. The van der Waals surface area contributed by atoms with Gasteiger partial charge in [0.25, 0.3) is 6.71 Å². The largest absolute Gasteiger partial charge is 0.311 e. The van der Waals surface area contributed by atoms with Gasteiger partial charge in [-0.25, -0.2) is 0 Å². The lowest BCUT2D eigenvalue weighted by molar-refractivity contribution is 0.590. The SMILES string of the molecule is Cc1ccc2c(c1)C(C)(C)c1cc3sc4c(c3cc1N2c1ccccc1)N(c1ccc(C(C)(C)C)cc1)c1cccc2c1B4c1cc(C(C)(C)C)ccc1N2c1ccc(C(C)(C)C)cc1. The molecule has 0 unspecified atom stereocenters. The monoisotopic (exact) mass is 865 g/mol. The molecule has 0 aliphatic carbocycles. The number of benzene rings is 7. The topological polar surface area (TPSA) is 9.72 Å². The Morgan fingerprint density at radius 2 is 0.985 bits per heavy atom. The number of anilines is 9. The molecule has 324 valence electrons. The number of thiophene rings is 1. The van der Waals surface area contributed by atoms with Gasteiger partial charge in [0.05, 0.1) is 17.1 Å². The van der Waals surface area contributed by atoms with Crippen molar-refractivity contribution in [3.8, 4) is 0 Å². The predicted molar refractivity (Wildman–Crippen MR) is 283 cm³/mol. The molecule has 3 aliphatic rings. The maximum absolute atomic E-state index is 2.61. The van der Waals surface area contributed by atoms with E-state index in [9.17, 15) is 0 Å². The second-order valence-corrected chi connectivity index (χ2v) is 23.5. The van der Waals surface area contributed by atoms with Crippen molar-refractivity contribution >= 4 is 95.0 Å². The van der Waals surface area contributed by atoms with Gasteiger partial charge < -0.3 is 14.7 Å². The Kier molecular flexibility index (Phi) is 9.12. The van der Waals surface area contributed by atoms with Gasteiger partial charge in [0, 0.05) is 54.4 Å². The summed E-state index contributed by atoms with van der Waals surface area (Å²) in [4.78, 5) is 7.67. The van der Waals surface area contributed by atoms with Crippen molar-refractivity contribution in [3.63, 3.8) is 0 Å². The highest BCUT2D eigenvalue weighted by Crippen LogP contribution is 2.56. The molecule has 7 aromatic carbocycles. The summed E-state index contributed by atoms with van der Waals surface area (Å²) in [6.45, 7) is 28.0. The lowest BCUT2D eigenvalue weighted by Crippen LogP contribution is -2.60. The van der Waals surface area contributed by atoms with E-state index in [1.807, 2.05) is 11.3 Å². The van der Waals surface area contributed by atoms with Crippen molar-refractivity contribution in [3.05, 3.63) is 179 Å². The van der Waals surface area contributed by atoms with Gasteiger partial charge in [-0.05, 0) is 135 Å². The fraction of sp³-hybridized carbons (Fsp3) is 0.267. The zero-order valence-electron chi connectivity index (χ0n) is 40.2. The lowest BCUT2D eigenvalue weighted by atomic mass is 9.36. The van der Waals surface area contributed by atoms with Crippen LogP contribution in [0.3, 0.4) is 0 Å². The number of fused-ring (bicyclic) bond motifs is 8. The summed E-state index contributed by atoms with van der Waals surface area (Å²) in [5.41, 5.74) is 21.7. The van der Waals surface area contributed by atoms with Crippen molar-refractivity contribution in [2.24, 2.45) is 0 Å². The van der Waals surface area contributed by atoms with E-state index in [1.165, 1.54) is 110 Å². The molecule has 0 amide bonds. The second-order valence-electron chi connectivity index (χ2n) is 22.4. The quantitative estimate of drug-likeness (QED) is 0.164. The smallest absolute Gasteiger partial charge is 0.264 e. The molecule has 1 aromatic heterocycles. The minimum absolute atomic E-state index is 0.0224. The summed E-state index contributed by atoms with van der Waals surface area (Å²) in [7, 11) is 0. The molecular formula is C60H60BN3S. The second kappa shape index (κ2) is 14.2. The van der Waals surface area contributed by atoms with E-state index in [0.29, 0.717) is 0 Å². The highest BCUT2D eigenvalue weighted by atomic mass is 32.1. The van der Waals surface area contributed by atoms with Crippen LogP contribution >= 0.6 is 11.3 Å². The normalized spacial score (nSPS) is 15.1. The first-order valence-corrected chi connectivity index (χ1v) is 24.3. The number of nitrogens with zero attached hydrogens (tertiary/aromatic N) is 3. The van der Waals surface area contributed by atoms with Crippen LogP contribution in [0.4, 0.5) is 51.2 Å². The molecular weight excluding hydrogens is 806 g/mol. The van der Waals surface area contributed by atoms with Crippen molar-refractivity contribution in [1.82, 2.24) is 0 Å². The summed E-state index contributed by atoms with van der Waals surface area (Å²) in [5.74, 6) is 0. The van der Waals surface area contributed by atoms with E-state index >= 15 is 0 Å². The molecule has 0 saturated heterocycles. The fourth-order valence-electron chi connectivity index (χ4n) is 10.9. The first-order valence-electron chi connectivity index (χ1n) is 23.5. The fourth-order valence-corrected chi connectivity index (χ4v) is 12.2.